The van der Waals surface area contributed by atoms with Crippen molar-refractivity contribution >= 4 is 26.4 Å². The van der Waals surface area contributed by atoms with Crippen molar-refractivity contribution in [2.75, 3.05) is 25.7 Å². The summed E-state index contributed by atoms with van der Waals surface area (Å²) >= 11 is 1.72. The first-order valence-electron chi connectivity index (χ1n) is 7.93. The molecule has 0 fully saturated rings. The van der Waals surface area contributed by atoms with E-state index in [9.17, 15) is 4.79 Å². The van der Waals surface area contributed by atoms with E-state index >= 15 is 0 Å². The Morgan fingerprint density at radius 3 is 2.86 bits per heavy atom. The first kappa shape index (κ1) is 19.3. The zero-order valence-corrected chi connectivity index (χ0v) is 15.7. The molecule has 0 heterocycles. The third kappa shape index (κ3) is 7.51. The Morgan fingerprint density at radius 2 is 2.18 bits per heavy atom. The van der Waals surface area contributed by atoms with Crippen LogP contribution in [-0.2, 0) is 4.74 Å². The summed E-state index contributed by atoms with van der Waals surface area (Å²) in [6.07, 6.45) is 7.18. The van der Waals surface area contributed by atoms with Gasteiger partial charge in [-0.1, -0.05) is 38.3 Å². The summed E-state index contributed by atoms with van der Waals surface area (Å²) in [6, 6.07) is 8.40. The summed E-state index contributed by atoms with van der Waals surface area (Å²) in [4.78, 5) is 13.2. The lowest BCUT2D eigenvalue weighted by molar-refractivity contribution is 0.141. The molecule has 3 nitrogen and oxygen atoms in total. The molecule has 0 aliphatic rings. The van der Waals surface area contributed by atoms with Gasteiger partial charge in [-0.15, -0.1) is 20.3 Å². The van der Waals surface area contributed by atoms with Gasteiger partial charge in [0.15, 0.2) is 0 Å². The second-order valence-corrected chi connectivity index (χ2v) is 7.22. The summed E-state index contributed by atoms with van der Waals surface area (Å²) in [7, 11) is 0.786. The maximum atomic E-state index is 12.0. The fourth-order valence-electron chi connectivity index (χ4n) is 2.19. The van der Waals surface area contributed by atoms with E-state index in [1.165, 1.54) is 17.7 Å². The number of carbonyl (C=O) groups is 1. The van der Waals surface area contributed by atoms with Gasteiger partial charge in [-0.3, -0.25) is 0 Å². The number of hydrogen-bond donors (Lipinski definition) is 1. The van der Waals surface area contributed by atoms with Crippen molar-refractivity contribution in [1.82, 2.24) is 5.32 Å². The first-order valence-corrected chi connectivity index (χ1v) is 10.9. The van der Waals surface area contributed by atoms with Gasteiger partial charge in [-0.05, 0) is 43.2 Å². The number of amides is 1. The SMILES string of the molecule is CCCCCCOC(=O)N[C@@H](CPC)c1cccc(SC)c1. The number of rotatable bonds is 10. The van der Waals surface area contributed by atoms with Crippen LogP contribution in [0.1, 0.15) is 44.2 Å². The molecule has 0 spiro atoms. The summed E-state index contributed by atoms with van der Waals surface area (Å²) in [5.41, 5.74) is 1.16. The highest BCUT2D eigenvalue weighted by atomic mass is 32.2. The Balaban J connectivity index is 2.50. The van der Waals surface area contributed by atoms with Crippen molar-refractivity contribution in [3.05, 3.63) is 29.8 Å². The van der Waals surface area contributed by atoms with E-state index < -0.39 is 0 Å². The maximum absolute atomic E-state index is 12.0. The smallest absolute Gasteiger partial charge is 0.407 e. The van der Waals surface area contributed by atoms with Crippen LogP contribution in [0.4, 0.5) is 4.79 Å². The van der Waals surface area contributed by atoms with Crippen LogP contribution in [0.2, 0.25) is 0 Å². The maximum Gasteiger partial charge on any atom is 0.407 e. The fourth-order valence-corrected chi connectivity index (χ4v) is 3.41. The molecule has 1 aromatic carbocycles. The molecular formula is C17H28NO2PS. The van der Waals surface area contributed by atoms with Gasteiger partial charge in [0.05, 0.1) is 12.6 Å². The van der Waals surface area contributed by atoms with Gasteiger partial charge in [-0.25, -0.2) is 4.79 Å². The molecule has 1 N–H and O–H groups in total. The van der Waals surface area contributed by atoms with Crippen LogP contribution in [0.3, 0.4) is 0 Å². The van der Waals surface area contributed by atoms with E-state index in [1.807, 2.05) is 6.07 Å². The Hall–Kier alpha value is -0.730. The molecule has 1 unspecified atom stereocenters. The van der Waals surface area contributed by atoms with Crippen molar-refractivity contribution in [3.63, 3.8) is 0 Å². The van der Waals surface area contributed by atoms with Gasteiger partial charge < -0.3 is 10.1 Å². The average Bonchev–Trinajstić information content (AvgIpc) is 2.54. The topological polar surface area (TPSA) is 38.3 Å². The molecule has 0 bridgehead atoms. The highest BCUT2D eigenvalue weighted by Gasteiger charge is 2.15. The second kappa shape index (κ2) is 11.8. The number of thioether (sulfide) groups is 1. The number of alkyl carbamates (subject to hydrolysis) is 1. The Labute approximate surface area is 140 Å². The van der Waals surface area contributed by atoms with Gasteiger partial charge in [0.25, 0.3) is 0 Å². The second-order valence-electron chi connectivity index (χ2n) is 5.23. The standard InChI is InChI=1S/C17H28NO2PS/c1-4-5-6-7-11-20-17(19)18-16(13-21-2)14-9-8-10-15(12-14)22-3/h8-10,12,16,21H,4-7,11,13H2,1-3H3,(H,18,19)/t16-/m0/s1. The molecule has 0 aliphatic carbocycles. The summed E-state index contributed by atoms with van der Waals surface area (Å²) in [5, 5.41) is 3.01. The van der Waals surface area contributed by atoms with Crippen LogP contribution in [0.25, 0.3) is 0 Å². The third-order valence-corrected chi connectivity index (χ3v) is 4.97. The zero-order chi connectivity index (χ0) is 16.2. The normalized spacial score (nSPS) is 12.5. The Morgan fingerprint density at radius 1 is 1.36 bits per heavy atom. The van der Waals surface area contributed by atoms with Crippen molar-refractivity contribution in [2.45, 2.75) is 43.5 Å². The third-order valence-electron chi connectivity index (χ3n) is 3.43. The van der Waals surface area contributed by atoms with Crippen LogP contribution in [0.5, 0.6) is 0 Å². The quantitative estimate of drug-likeness (QED) is 0.367. The molecule has 5 heteroatoms. The van der Waals surface area contributed by atoms with Crippen LogP contribution >= 0.6 is 20.3 Å². The molecule has 0 aromatic heterocycles. The van der Waals surface area contributed by atoms with Gasteiger partial charge in [-0.2, -0.15) is 0 Å². The Kier molecular flexibility index (Phi) is 10.3. The lowest BCUT2D eigenvalue weighted by atomic mass is 10.1. The predicted octanol–water partition coefficient (Wildman–Crippen LogP) is 5.06. The molecular weight excluding hydrogens is 313 g/mol. The molecule has 22 heavy (non-hydrogen) atoms. The molecule has 1 aromatic rings. The van der Waals surface area contributed by atoms with Crippen LogP contribution in [0, 0.1) is 0 Å². The van der Waals surface area contributed by atoms with Crippen LogP contribution in [-0.4, -0.2) is 31.8 Å². The van der Waals surface area contributed by atoms with Gasteiger partial charge in [0.2, 0.25) is 0 Å². The van der Waals surface area contributed by atoms with E-state index in [0.29, 0.717) is 6.61 Å². The fraction of sp³-hybridized carbons (Fsp3) is 0.588. The number of nitrogens with one attached hydrogen (secondary N) is 1. The lowest BCUT2D eigenvalue weighted by Gasteiger charge is -2.19. The predicted molar refractivity (Wildman–Crippen MR) is 98.7 cm³/mol. The minimum Gasteiger partial charge on any atom is -0.450 e. The highest BCUT2D eigenvalue weighted by Crippen LogP contribution is 2.24. The largest absolute Gasteiger partial charge is 0.450 e. The number of carbonyl (C=O) groups excluding carboxylic acids is 1. The average molecular weight is 341 g/mol. The number of unbranched alkanes of at least 4 members (excludes halogenated alkanes) is 3. The molecule has 1 rings (SSSR count). The molecule has 1 amide bonds. The molecule has 0 radical (unpaired) electrons. The molecule has 0 saturated heterocycles. The van der Waals surface area contributed by atoms with Crippen molar-refractivity contribution in [3.8, 4) is 0 Å². The van der Waals surface area contributed by atoms with Crippen LogP contribution < -0.4 is 5.32 Å². The van der Waals surface area contributed by atoms with Crippen molar-refractivity contribution in [2.24, 2.45) is 0 Å². The lowest BCUT2D eigenvalue weighted by Crippen LogP contribution is -2.30. The van der Waals surface area contributed by atoms with Crippen molar-refractivity contribution in [1.29, 1.82) is 0 Å². The monoisotopic (exact) mass is 341 g/mol. The van der Waals surface area contributed by atoms with E-state index in [-0.39, 0.29) is 12.1 Å². The first-order chi connectivity index (χ1) is 10.7. The van der Waals surface area contributed by atoms with Crippen molar-refractivity contribution < 1.29 is 9.53 Å². The summed E-state index contributed by atoms with van der Waals surface area (Å²) in [5.74, 6) is 0. The van der Waals surface area contributed by atoms with E-state index in [0.717, 1.165) is 33.1 Å². The van der Waals surface area contributed by atoms with E-state index in [1.54, 1.807) is 11.8 Å². The van der Waals surface area contributed by atoms with Gasteiger partial charge >= 0.3 is 6.09 Å². The van der Waals surface area contributed by atoms with Gasteiger partial charge in [0.1, 0.15) is 0 Å². The minimum absolute atomic E-state index is 0.0403. The molecule has 0 saturated carbocycles. The zero-order valence-electron chi connectivity index (χ0n) is 13.9. The van der Waals surface area contributed by atoms with E-state index in [2.05, 4.69) is 43.4 Å². The summed E-state index contributed by atoms with van der Waals surface area (Å²) in [6.45, 7) is 4.84. The van der Waals surface area contributed by atoms with E-state index in [4.69, 9.17) is 4.74 Å². The number of benzene rings is 1. The molecule has 2 atom stereocenters. The molecule has 0 aliphatic heterocycles. The number of ether oxygens (including phenoxy) is 1. The number of hydrogen-bond acceptors (Lipinski definition) is 3. The minimum atomic E-state index is -0.297. The Bertz CT molecular complexity index is 442. The van der Waals surface area contributed by atoms with Gasteiger partial charge in [0, 0.05) is 4.90 Å². The highest BCUT2D eigenvalue weighted by molar-refractivity contribution is 7.98. The summed E-state index contributed by atoms with van der Waals surface area (Å²) < 4.78 is 5.29. The molecule has 124 valence electrons. The van der Waals surface area contributed by atoms with Crippen LogP contribution in [0.15, 0.2) is 29.2 Å².